The maximum Gasteiger partial charge on any atom is 0.278 e. The highest BCUT2D eigenvalue weighted by atomic mass is 35.5. The number of hydrogen-bond acceptors (Lipinski definition) is 3. The lowest BCUT2D eigenvalue weighted by molar-refractivity contribution is -0.137. The average molecular weight is 435 g/mol. The van der Waals surface area contributed by atoms with E-state index in [4.69, 9.17) is 11.6 Å². The molecule has 0 N–H and O–H groups in total. The van der Waals surface area contributed by atoms with Crippen LogP contribution in [0.25, 0.3) is 5.57 Å². The largest absolute Gasteiger partial charge is 0.337 e. The first kappa shape index (κ1) is 20.8. The van der Waals surface area contributed by atoms with E-state index in [-0.39, 0.29) is 23.4 Å². The van der Waals surface area contributed by atoms with Crippen molar-refractivity contribution in [1.82, 2.24) is 4.90 Å². The first-order valence-electron chi connectivity index (χ1n) is 9.93. The molecule has 156 valence electrons. The molecule has 0 saturated carbocycles. The normalized spacial score (nSPS) is 13.8. The van der Waals surface area contributed by atoms with Crippen LogP contribution in [0.3, 0.4) is 0 Å². The van der Waals surface area contributed by atoms with Crippen molar-refractivity contribution in [2.75, 3.05) is 11.4 Å². The van der Waals surface area contributed by atoms with Gasteiger partial charge in [0.15, 0.2) is 0 Å². The number of amides is 2. The first-order valence-corrected chi connectivity index (χ1v) is 10.3. The molecule has 1 heterocycles. The summed E-state index contributed by atoms with van der Waals surface area (Å²) in [5, 5.41) is 0.529. The van der Waals surface area contributed by atoms with E-state index in [1.54, 1.807) is 42.5 Å². The van der Waals surface area contributed by atoms with Crippen molar-refractivity contribution < 1.29 is 14.0 Å². The van der Waals surface area contributed by atoms with Gasteiger partial charge in [-0.15, -0.1) is 0 Å². The van der Waals surface area contributed by atoms with E-state index in [1.807, 2.05) is 42.2 Å². The molecular formula is C25H20ClFN2O2. The Morgan fingerprint density at radius 3 is 2.16 bits per heavy atom. The standard InChI is InChI=1S/C25H20ClFN2O2/c1-2-28(20-9-4-3-5-10-20)23-22(17-12-14-19(26)15-13-17)24(30)29(25(23)31)16-18-8-6-7-11-21(18)27/h3-15H,2,16H2,1H3. The highest BCUT2D eigenvalue weighted by Crippen LogP contribution is 2.35. The SMILES string of the molecule is CCN(C1=C(c2ccc(Cl)cc2)C(=O)N(Cc2ccccc2F)C1=O)c1ccccc1. The number of anilines is 1. The molecule has 1 aliphatic rings. The number of benzene rings is 3. The van der Waals surface area contributed by atoms with Crippen LogP contribution >= 0.6 is 11.6 Å². The van der Waals surface area contributed by atoms with Crippen LogP contribution in [0, 0.1) is 5.82 Å². The zero-order valence-corrected chi connectivity index (χ0v) is 17.6. The molecule has 0 fully saturated rings. The van der Waals surface area contributed by atoms with Crippen molar-refractivity contribution in [3.05, 3.63) is 107 Å². The van der Waals surface area contributed by atoms with Crippen LogP contribution < -0.4 is 4.90 Å². The van der Waals surface area contributed by atoms with Crippen molar-refractivity contribution in [2.24, 2.45) is 0 Å². The third-order valence-electron chi connectivity index (χ3n) is 5.22. The maximum absolute atomic E-state index is 14.3. The Labute approximate surface area is 185 Å². The van der Waals surface area contributed by atoms with Gasteiger partial charge in [0.2, 0.25) is 0 Å². The van der Waals surface area contributed by atoms with Gasteiger partial charge in [-0.3, -0.25) is 14.5 Å². The smallest absolute Gasteiger partial charge is 0.278 e. The Morgan fingerprint density at radius 2 is 1.52 bits per heavy atom. The quantitative estimate of drug-likeness (QED) is 0.495. The first-order chi connectivity index (χ1) is 15.0. The van der Waals surface area contributed by atoms with Crippen LogP contribution in [0.4, 0.5) is 10.1 Å². The minimum absolute atomic E-state index is 0.142. The Kier molecular flexibility index (Phi) is 5.87. The van der Waals surface area contributed by atoms with Crippen LogP contribution in [0.15, 0.2) is 84.6 Å². The fourth-order valence-corrected chi connectivity index (χ4v) is 3.83. The summed E-state index contributed by atoms with van der Waals surface area (Å²) in [4.78, 5) is 29.9. The Balaban J connectivity index is 1.83. The monoisotopic (exact) mass is 434 g/mol. The molecule has 3 aromatic carbocycles. The zero-order chi connectivity index (χ0) is 22.0. The van der Waals surface area contributed by atoms with Crippen molar-refractivity contribution >= 4 is 34.7 Å². The predicted octanol–water partition coefficient (Wildman–Crippen LogP) is 5.29. The molecule has 0 unspecified atom stereocenters. The summed E-state index contributed by atoms with van der Waals surface area (Å²) in [5.41, 5.74) is 2.22. The predicted molar refractivity (Wildman–Crippen MR) is 120 cm³/mol. The molecule has 4 rings (SSSR count). The Bertz CT molecular complexity index is 1160. The second-order valence-electron chi connectivity index (χ2n) is 7.10. The number of halogens is 2. The van der Waals surface area contributed by atoms with E-state index in [2.05, 4.69) is 0 Å². The highest BCUT2D eigenvalue weighted by molar-refractivity contribution is 6.37. The average Bonchev–Trinajstić information content (AvgIpc) is 3.02. The molecule has 0 bridgehead atoms. The topological polar surface area (TPSA) is 40.6 Å². The van der Waals surface area contributed by atoms with Gasteiger partial charge in [-0.1, -0.05) is 60.1 Å². The number of carbonyl (C=O) groups is 2. The molecule has 4 nitrogen and oxygen atoms in total. The van der Waals surface area contributed by atoms with Crippen molar-refractivity contribution in [1.29, 1.82) is 0 Å². The molecular weight excluding hydrogens is 415 g/mol. The molecule has 0 radical (unpaired) electrons. The number of para-hydroxylation sites is 1. The van der Waals surface area contributed by atoms with Gasteiger partial charge < -0.3 is 4.90 Å². The van der Waals surface area contributed by atoms with E-state index < -0.39 is 17.6 Å². The van der Waals surface area contributed by atoms with Crippen LogP contribution in [-0.2, 0) is 16.1 Å². The molecule has 31 heavy (non-hydrogen) atoms. The van der Waals surface area contributed by atoms with E-state index >= 15 is 0 Å². The second-order valence-corrected chi connectivity index (χ2v) is 7.53. The summed E-state index contributed by atoms with van der Waals surface area (Å²) in [5.74, 6) is -1.37. The summed E-state index contributed by atoms with van der Waals surface area (Å²) >= 11 is 6.03. The van der Waals surface area contributed by atoms with E-state index in [0.29, 0.717) is 17.1 Å². The Morgan fingerprint density at radius 1 is 0.871 bits per heavy atom. The van der Waals surface area contributed by atoms with E-state index in [0.717, 1.165) is 10.6 Å². The number of carbonyl (C=O) groups excluding carboxylic acids is 2. The van der Waals surface area contributed by atoms with E-state index in [1.165, 1.54) is 6.07 Å². The van der Waals surface area contributed by atoms with Crippen LogP contribution in [0.1, 0.15) is 18.1 Å². The number of hydrogen-bond donors (Lipinski definition) is 0. The van der Waals surface area contributed by atoms with Gasteiger partial charge in [0.05, 0.1) is 12.1 Å². The van der Waals surface area contributed by atoms with Gasteiger partial charge in [-0.05, 0) is 42.8 Å². The second kappa shape index (κ2) is 8.74. The minimum atomic E-state index is -0.458. The molecule has 0 atom stereocenters. The third kappa shape index (κ3) is 3.97. The molecule has 1 aliphatic heterocycles. The third-order valence-corrected chi connectivity index (χ3v) is 5.47. The molecule has 2 amide bonds. The van der Waals surface area contributed by atoms with Gasteiger partial charge in [0.25, 0.3) is 11.8 Å². The molecule has 3 aromatic rings. The number of rotatable bonds is 6. The van der Waals surface area contributed by atoms with Gasteiger partial charge in [0, 0.05) is 22.8 Å². The van der Waals surface area contributed by atoms with Crippen LogP contribution in [-0.4, -0.2) is 23.3 Å². The van der Waals surface area contributed by atoms with Crippen LogP contribution in [0.2, 0.25) is 5.02 Å². The summed E-state index contributed by atoms with van der Waals surface area (Å²) in [6.45, 7) is 2.25. The van der Waals surface area contributed by atoms with Gasteiger partial charge in [-0.2, -0.15) is 0 Å². The molecule has 0 saturated heterocycles. The lowest BCUT2D eigenvalue weighted by atomic mass is 10.0. The van der Waals surface area contributed by atoms with Gasteiger partial charge in [0.1, 0.15) is 11.5 Å². The fraction of sp³-hybridized carbons (Fsp3) is 0.120. The Hall–Kier alpha value is -3.44. The van der Waals surface area contributed by atoms with Gasteiger partial charge >= 0.3 is 0 Å². The van der Waals surface area contributed by atoms with Crippen molar-refractivity contribution in [3.8, 4) is 0 Å². The van der Waals surface area contributed by atoms with E-state index in [9.17, 15) is 14.0 Å². The number of imide groups is 1. The highest BCUT2D eigenvalue weighted by Gasteiger charge is 2.41. The lowest BCUT2D eigenvalue weighted by Gasteiger charge is -2.25. The maximum atomic E-state index is 14.3. The molecule has 0 spiro atoms. The lowest BCUT2D eigenvalue weighted by Crippen LogP contribution is -2.35. The summed E-state index contributed by atoms with van der Waals surface area (Å²) in [7, 11) is 0. The number of likely N-dealkylation sites (N-methyl/N-ethyl adjacent to an activating group) is 1. The van der Waals surface area contributed by atoms with Crippen molar-refractivity contribution in [2.45, 2.75) is 13.5 Å². The van der Waals surface area contributed by atoms with Crippen molar-refractivity contribution in [3.63, 3.8) is 0 Å². The summed E-state index contributed by atoms with van der Waals surface area (Å²) in [6.07, 6.45) is 0. The zero-order valence-electron chi connectivity index (χ0n) is 16.9. The molecule has 0 aromatic heterocycles. The molecule has 0 aliphatic carbocycles. The number of nitrogens with zero attached hydrogens (tertiary/aromatic N) is 2. The fourth-order valence-electron chi connectivity index (χ4n) is 3.71. The summed E-state index contributed by atoms with van der Waals surface area (Å²) < 4.78 is 14.3. The molecule has 6 heteroatoms. The summed E-state index contributed by atoms with van der Waals surface area (Å²) in [6, 6.07) is 22.3. The van der Waals surface area contributed by atoms with Gasteiger partial charge in [-0.25, -0.2) is 4.39 Å². The minimum Gasteiger partial charge on any atom is -0.337 e. The van der Waals surface area contributed by atoms with Crippen LogP contribution in [0.5, 0.6) is 0 Å².